The average molecular weight is 652 g/mol. The van der Waals surface area contributed by atoms with E-state index in [4.69, 9.17) is 21.4 Å². The van der Waals surface area contributed by atoms with E-state index in [1.54, 1.807) is 13.0 Å². The Hall–Kier alpha value is -4.86. The minimum absolute atomic E-state index is 0.107. The minimum Gasteiger partial charge on any atom is -0.476 e. The number of piperazine rings is 1. The van der Waals surface area contributed by atoms with E-state index in [0.29, 0.717) is 31.9 Å². The first kappa shape index (κ1) is 34.6. The molecule has 17 heteroatoms. The van der Waals surface area contributed by atoms with Gasteiger partial charge in [0.2, 0.25) is 0 Å². The van der Waals surface area contributed by atoms with Crippen molar-refractivity contribution in [2.45, 2.75) is 25.9 Å². The van der Waals surface area contributed by atoms with Crippen molar-refractivity contribution in [1.82, 2.24) is 30.6 Å². The highest BCUT2D eigenvalue weighted by atomic mass is 35.5. The molecule has 1 fully saturated rings. The molecule has 1 aromatic carbocycles. The molecule has 3 aromatic rings. The fraction of sp³-hybridized carbons (Fsp3) is 0.357. The highest BCUT2D eigenvalue weighted by Crippen LogP contribution is 2.32. The smallest absolute Gasteiger partial charge is 0.417 e. The number of carboxylic acid groups (broad SMARTS) is 1. The summed E-state index contributed by atoms with van der Waals surface area (Å²) >= 11 is 5.35. The zero-order valence-corrected chi connectivity index (χ0v) is 24.7. The number of alkyl halides is 3. The molecule has 0 bridgehead atoms. The molecule has 1 saturated heterocycles. The van der Waals surface area contributed by atoms with Crippen molar-refractivity contribution in [3.8, 4) is 0 Å². The molecule has 0 aliphatic carbocycles. The number of halogens is 4. The van der Waals surface area contributed by atoms with E-state index < -0.39 is 29.5 Å². The standard InChI is InChI=1S/C23H26F3N5O4.C5H3ClN2O2/c1-2-35-20(32)8-5-11-27-21(33)18-9-10-19(29-28-18)30-12-14-31(15-13-30)22(34)16-6-3-4-7-17(16)23(24,25)26;6-4-2-1-3(5(9)10)7-8-4/h3-4,6-7,9-10H,2,5,8,11-15H2,1H3,(H,27,33);1-2H,(H,9,10). The van der Waals surface area contributed by atoms with Crippen molar-refractivity contribution < 1.29 is 42.2 Å². The number of rotatable bonds is 9. The fourth-order valence-corrected chi connectivity index (χ4v) is 4.13. The van der Waals surface area contributed by atoms with E-state index >= 15 is 0 Å². The Balaban J connectivity index is 0.000000468. The van der Waals surface area contributed by atoms with Gasteiger partial charge in [-0.1, -0.05) is 23.7 Å². The van der Waals surface area contributed by atoms with Gasteiger partial charge in [0.05, 0.1) is 17.7 Å². The molecule has 0 spiro atoms. The van der Waals surface area contributed by atoms with Crippen LogP contribution < -0.4 is 10.2 Å². The van der Waals surface area contributed by atoms with Crippen molar-refractivity contribution in [3.63, 3.8) is 0 Å². The first-order chi connectivity index (χ1) is 21.4. The molecular formula is C28H29ClF3N7O6. The number of carbonyl (C=O) groups is 4. The SMILES string of the molecule is CCOC(=O)CCCNC(=O)c1ccc(N2CCN(C(=O)c3ccccc3C(F)(F)F)CC2)nn1.O=C(O)c1ccc(Cl)nn1. The number of nitrogens with zero attached hydrogens (tertiary/aromatic N) is 6. The largest absolute Gasteiger partial charge is 0.476 e. The fourth-order valence-electron chi connectivity index (χ4n) is 4.03. The number of carboxylic acids is 1. The van der Waals surface area contributed by atoms with E-state index in [9.17, 15) is 32.3 Å². The number of esters is 1. The molecule has 0 atom stereocenters. The van der Waals surface area contributed by atoms with Crippen LogP contribution >= 0.6 is 11.6 Å². The number of hydrogen-bond donors (Lipinski definition) is 2. The molecule has 4 rings (SSSR count). The maximum atomic E-state index is 13.3. The Morgan fingerprint density at radius 3 is 2.18 bits per heavy atom. The molecule has 2 N–H and O–H groups in total. The first-order valence-corrected chi connectivity index (χ1v) is 14.0. The molecular weight excluding hydrogens is 623 g/mol. The summed E-state index contributed by atoms with van der Waals surface area (Å²) < 4.78 is 44.6. The highest BCUT2D eigenvalue weighted by Gasteiger charge is 2.36. The van der Waals surface area contributed by atoms with E-state index in [1.165, 1.54) is 41.3 Å². The Morgan fingerprint density at radius 2 is 1.60 bits per heavy atom. The van der Waals surface area contributed by atoms with Crippen LogP contribution in [0.1, 0.15) is 56.7 Å². The second-order valence-electron chi connectivity index (χ2n) is 9.31. The molecule has 1 aliphatic rings. The van der Waals surface area contributed by atoms with Crippen LogP contribution in [0.15, 0.2) is 48.5 Å². The number of amides is 2. The summed E-state index contributed by atoms with van der Waals surface area (Å²) in [5.74, 6) is -2.03. The highest BCUT2D eigenvalue weighted by molar-refractivity contribution is 6.29. The van der Waals surface area contributed by atoms with Crippen LogP contribution in [-0.2, 0) is 15.7 Å². The number of nitrogens with one attached hydrogen (secondary N) is 1. The minimum atomic E-state index is -4.61. The monoisotopic (exact) mass is 651 g/mol. The Bertz CT molecular complexity index is 1470. The lowest BCUT2D eigenvalue weighted by molar-refractivity contribution is -0.143. The summed E-state index contributed by atoms with van der Waals surface area (Å²) in [5.41, 5.74) is -1.31. The summed E-state index contributed by atoms with van der Waals surface area (Å²) in [6.07, 6.45) is -3.97. The van der Waals surface area contributed by atoms with Crippen molar-refractivity contribution in [1.29, 1.82) is 0 Å². The lowest BCUT2D eigenvalue weighted by Gasteiger charge is -2.35. The second-order valence-corrected chi connectivity index (χ2v) is 9.70. The molecule has 2 amide bonds. The van der Waals surface area contributed by atoms with Gasteiger partial charge in [-0.25, -0.2) is 4.79 Å². The summed E-state index contributed by atoms with van der Waals surface area (Å²) in [6, 6.07) is 10.5. The third-order valence-electron chi connectivity index (χ3n) is 6.24. The van der Waals surface area contributed by atoms with Gasteiger partial charge in [-0.3, -0.25) is 14.4 Å². The predicted molar refractivity (Wildman–Crippen MR) is 154 cm³/mol. The van der Waals surface area contributed by atoms with Gasteiger partial charge in [-0.15, -0.1) is 20.4 Å². The lowest BCUT2D eigenvalue weighted by atomic mass is 10.1. The Kier molecular flexibility index (Phi) is 12.5. The van der Waals surface area contributed by atoms with E-state index in [-0.39, 0.29) is 54.1 Å². The molecule has 0 radical (unpaired) electrons. The summed E-state index contributed by atoms with van der Waals surface area (Å²) in [6.45, 7) is 3.46. The number of anilines is 1. The van der Waals surface area contributed by atoms with Crippen LogP contribution in [0.5, 0.6) is 0 Å². The number of ether oxygens (including phenoxy) is 1. The van der Waals surface area contributed by atoms with E-state index in [2.05, 4.69) is 25.7 Å². The molecule has 0 saturated carbocycles. The van der Waals surface area contributed by atoms with Crippen LogP contribution in [-0.4, -0.2) is 93.5 Å². The van der Waals surface area contributed by atoms with Gasteiger partial charge < -0.3 is 25.0 Å². The van der Waals surface area contributed by atoms with E-state index in [0.717, 1.165) is 6.07 Å². The van der Waals surface area contributed by atoms with Crippen molar-refractivity contribution >= 4 is 41.2 Å². The Morgan fingerprint density at radius 1 is 0.933 bits per heavy atom. The van der Waals surface area contributed by atoms with Crippen LogP contribution in [0.3, 0.4) is 0 Å². The lowest BCUT2D eigenvalue weighted by Crippen LogP contribution is -2.49. The summed E-state index contributed by atoms with van der Waals surface area (Å²) in [4.78, 5) is 49.6. The topological polar surface area (TPSA) is 168 Å². The van der Waals surface area contributed by atoms with Crippen LogP contribution in [0.2, 0.25) is 5.15 Å². The van der Waals surface area contributed by atoms with Gasteiger partial charge in [-0.2, -0.15) is 13.2 Å². The number of aromatic carboxylic acids is 1. The van der Waals surface area contributed by atoms with Gasteiger partial charge in [0.25, 0.3) is 11.8 Å². The third-order valence-corrected chi connectivity index (χ3v) is 6.44. The average Bonchev–Trinajstić information content (AvgIpc) is 3.03. The van der Waals surface area contributed by atoms with Gasteiger partial charge in [-0.05, 0) is 49.7 Å². The predicted octanol–water partition coefficient (Wildman–Crippen LogP) is 3.36. The molecule has 1 aliphatic heterocycles. The molecule has 3 heterocycles. The number of hydrogen-bond acceptors (Lipinski definition) is 10. The zero-order chi connectivity index (χ0) is 33.0. The summed E-state index contributed by atoms with van der Waals surface area (Å²) in [5, 5.41) is 25.8. The molecule has 0 unspecified atom stereocenters. The molecule has 13 nitrogen and oxygen atoms in total. The normalized spacial score (nSPS) is 12.9. The van der Waals surface area contributed by atoms with Crippen molar-refractivity contribution in [2.75, 3.05) is 44.2 Å². The second kappa shape index (κ2) is 16.3. The van der Waals surface area contributed by atoms with Gasteiger partial charge in [0, 0.05) is 39.1 Å². The van der Waals surface area contributed by atoms with Gasteiger partial charge in [0.15, 0.2) is 22.4 Å². The zero-order valence-electron chi connectivity index (χ0n) is 24.0. The molecule has 45 heavy (non-hydrogen) atoms. The first-order valence-electron chi connectivity index (χ1n) is 13.6. The number of aromatic nitrogens is 4. The quantitative estimate of drug-likeness (QED) is 0.257. The van der Waals surface area contributed by atoms with Gasteiger partial charge >= 0.3 is 18.1 Å². The van der Waals surface area contributed by atoms with Crippen LogP contribution in [0.4, 0.5) is 19.0 Å². The summed E-state index contributed by atoms with van der Waals surface area (Å²) in [7, 11) is 0. The third kappa shape index (κ3) is 10.4. The van der Waals surface area contributed by atoms with Crippen molar-refractivity contribution in [3.05, 3.63) is 76.2 Å². The Labute approximate surface area is 260 Å². The number of carbonyl (C=O) groups excluding carboxylic acids is 3. The van der Waals surface area contributed by atoms with Crippen LogP contribution in [0, 0.1) is 0 Å². The van der Waals surface area contributed by atoms with Crippen molar-refractivity contribution in [2.24, 2.45) is 0 Å². The van der Waals surface area contributed by atoms with Crippen LogP contribution in [0.25, 0.3) is 0 Å². The molecule has 240 valence electrons. The van der Waals surface area contributed by atoms with E-state index in [1.807, 2.05) is 4.90 Å². The number of benzene rings is 1. The maximum absolute atomic E-state index is 13.3. The van der Waals surface area contributed by atoms with Gasteiger partial charge in [0.1, 0.15) is 0 Å². The molecule has 2 aromatic heterocycles. The maximum Gasteiger partial charge on any atom is 0.417 e.